The average molecular weight is 382 g/mol. The van der Waals surface area contributed by atoms with E-state index in [2.05, 4.69) is 15.1 Å². The predicted molar refractivity (Wildman–Crippen MR) is 101 cm³/mol. The van der Waals surface area contributed by atoms with Gasteiger partial charge >= 0.3 is 0 Å². The quantitative estimate of drug-likeness (QED) is 0.584. The summed E-state index contributed by atoms with van der Waals surface area (Å²) in [6, 6.07) is 10.1. The molecule has 4 rings (SSSR count). The molecule has 2 aromatic heterocycles. The summed E-state index contributed by atoms with van der Waals surface area (Å²) in [6.07, 6.45) is 0. The lowest BCUT2D eigenvalue weighted by atomic mass is 10.1. The number of hydrogen-bond donors (Lipinski definition) is 1. The highest BCUT2D eigenvalue weighted by Gasteiger charge is 2.16. The van der Waals surface area contributed by atoms with E-state index in [-0.39, 0.29) is 23.1 Å². The Morgan fingerprint density at radius 1 is 1.11 bits per heavy atom. The van der Waals surface area contributed by atoms with Gasteiger partial charge in [0.1, 0.15) is 17.2 Å². The highest BCUT2D eigenvalue weighted by molar-refractivity contribution is 5.82. The van der Waals surface area contributed by atoms with Crippen LogP contribution >= 0.6 is 0 Å². The molecule has 0 amide bonds. The van der Waals surface area contributed by atoms with Crippen molar-refractivity contribution in [2.24, 2.45) is 0 Å². The maximum absolute atomic E-state index is 14.0. The summed E-state index contributed by atoms with van der Waals surface area (Å²) in [6.45, 7) is 0.417. The van der Waals surface area contributed by atoms with E-state index in [0.29, 0.717) is 28.6 Å². The zero-order chi connectivity index (χ0) is 19.8. The molecular weight excluding hydrogens is 366 g/mol. The first-order valence-corrected chi connectivity index (χ1v) is 8.51. The van der Waals surface area contributed by atoms with Crippen molar-refractivity contribution in [3.05, 3.63) is 70.0 Å². The molecule has 0 atom stereocenters. The van der Waals surface area contributed by atoms with E-state index in [1.807, 2.05) is 19.0 Å². The van der Waals surface area contributed by atoms with Crippen LogP contribution in [0.5, 0.6) is 0 Å². The predicted octanol–water partition coefficient (Wildman–Crippen LogP) is 3.58. The second-order valence-corrected chi connectivity index (χ2v) is 6.71. The van der Waals surface area contributed by atoms with Gasteiger partial charge in [0.15, 0.2) is 0 Å². The van der Waals surface area contributed by atoms with Gasteiger partial charge in [0.2, 0.25) is 5.82 Å². The van der Waals surface area contributed by atoms with Crippen LogP contribution in [0.4, 0.5) is 8.78 Å². The smallest absolute Gasteiger partial charge is 0.263 e. The van der Waals surface area contributed by atoms with Gasteiger partial charge in [0, 0.05) is 28.6 Å². The van der Waals surface area contributed by atoms with Crippen LogP contribution in [0.1, 0.15) is 5.56 Å². The third-order valence-electron chi connectivity index (χ3n) is 4.25. The molecule has 0 aliphatic heterocycles. The number of aromatic amines is 1. The monoisotopic (exact) mass is 382 g/mol. The molecule has 142 valence electrons. The minimum atomic E-state index is -0.429. The van der Waals surface area contributed by atoms with Crippen LogP contribution in [0, 0.1) is 11.6 Å². The zero-order valence-corrected chi connectivity index (χ0v) is 15.2. The third kappa shape index (κ3) is 3.41. The minimum absolute atomic E-state index is 0.000829. The lowest BCUT2D eigenvalue weighted by Gasteiger charge is -2.11. The van der Waals surface area contributed by atoms with Gasteiger partial charge in [-0.2, -0.15) is 4.98 Å². The van der Waals surface area contributed by atoms with Crippen molar-refractivity contribution in [3.63, 3.8) is 0 Å². The summed E-state index contributed by atoms with van der Waals surface area (Å²) in [5, 5.41) is 4.41. The molecular formula is C20H16F2N4O2. The van der Waals surface area contributed by atoms with Crippen molar-refractivity contribution >= 4 is 10.9 Å². The van der Waals surface area contributed by atoms with Crippen molar-refractivity contribution in [3.8, 4) is 22.8 Å². The summed E-state index contributed by atoms with van der Waals surface area (Å²) in [7, 11) is 3.68. The average Bonchev–Trinajstić information content (AvgIpc) is 3.13. The maximum Gasteiger partial charge on any atom is 0.263 e. The van der Waals surface area contributed by atoms with Crippen LogP contribution < -0.4 is 5.56 Å². The number of hydrogen-bond acceptors (Lipinski definition) is 5. The lowest BCUT2D eigenvalue weighted by Crippen LogP contribution is -2.12. The summed E-state index contributed by atoms with van der Waals surface area (Å²) in [5.41, 5.74) is 1.26. The fraction of sp³-hybridized carbons (Fsp3) is 0.150. The Kier molecular flexibility index (Phi) is 4.48. The van der Waals surface area contributed by atoms with Gasteiger partial charge in [-0.25, -0.2) is 8.78 Å². The van der Waals surface area contributed by atoms with E-state index >= 15 is 0 Å². The molecule has 0 spiro atoms. The van der Waals surface area contributed by atoms with Gasteiger partial charge in [-0.05, 0) is 56.6 Å². The number of pyridine rings is 1. The molecule has 1 N–H and O–H groups in total. The maximum atomic E-state index is 14.0. The first-order chi connectivity index (χ1) is 13.4. The fourth-order valence-corrected chi connectivity index (χ4v) is 2.96. The van der Waals surface area contributed by atoms with Gasteiger partial charge in [0.05, 0.1) is 0 Å². The topological polar surface area (TPSA) is 75.0 Å². The Bertz CT molecular complexity index is 1230. The Balaban J connectivity index is 1.75. The Morgan fingerprint density at radius 2 is 1.93 bits per heavy atom. The molecule has 0 aliphatic rings. The molecule has 0 saturated heterocycles. The SMILES string of the molecule is CN(C)Cc1cc(-c2noc(-c3cc4cc(F)ccc4[nH]c3=O)n2)ccc1F. The second kappa shape index (κ2) is 6.97. The molecule has 2 aromatic carbocycles. The van der Waals surface area contributed by atoms with Gasteiger partial charge < -0.3 is 14.4 Å². The molecule has 2 heterocycles. The minimum Gasteiger partial charge on any atom is -0.333 e. The number of fused-ring (bicyclic) bond motifs is 1. The van der Waals surface area contributed by atoms with Crippen molar-refractivity contribution < 1.29 is 13.3 Å². The van der Waals surface area contributed by atoms with Crippen LogP contribution in [-0.4, -0.2) is 34.1 Å². The summed E-state index contributed by atoms with van der Waals surface area (Å²) >= 11 is 0. The summed E-state index contributed by atoms with van der Waals surface area (Å²) < 4.78 is 32.7. The lowest BCUT2D eigenvalue weighted by molar-refractivity contribution is 0.392. The van der Waals surface area contributed by atoms with Crippen LogP contribution in [0.25, 0.3) is 33.7 Å². The van der Waals surface area contributed by atoms with E-state index < -0.39 is 11.4 Å². The Labute approximate surface area is 158 Å². The van der Waals surface area contributed by atoms with Crippen molar-refractivity contribution in [1.29, 1.82) is 0 Å². The highest BCUT2D eigenvalue weighted by atomic mass is 19.1. The number of halogens is 2. The van der Waals surface area contributed by atoms with E-state index in [1.165, 1.54) is 30.3 Å². The molecule has 0 radical (unpaired) electrons. The molecule has 8 heteroatoms. The molecule has 4 aromatic rings. The van der Waals surface area contributed by atoms with E-state index in [0.717, 1.165) is 0 Å². The Hall–Kier alpha value is -3.39. The number of H-pyrrole nitrogens is 1. The number of nitrogens with zero attached hydrogens (tertiary/aromatic N) is 3. The number of aromatic nitrogens is 3. The van der Waals surface area contributed by atoms with Gasteiger partial charge in [-0.3, -0.25) is 4.79 Å². The highest BCUT2D eigenvalue weighted by Crippen LogP contribution is 2.24. The molecule has 0 unspecified atom stereocenters. The number of benzene rings is 2. The molecule has 0 fully saturated rings. The standard InChI is InChI=1S/C20H16F2N4O2/c1-26(2)10-13-7-11(3-5-16(13)22)18-24-20(28-25-18)15-9-12-8-14(21)4-6-17(12)23-19(15)27/h3-9H,10H2,1-2H3,(H,23,27). The second-order valence-electron chi connectivity index (χ2n) is 6.71. The zero-order valence-electron chi connectivity index (χ0n) is 15.2. The van der Waals surface area contributed by atoms with Crippen LogP contribution in [0.3, 0.4) is 0 Å². The van der Waals surface area contributed by atoms with Crippen molar-refractivity contribution in [1.82, 2.24) is 20.0 Å². The van der Waals surface area contributed by atoms with Crippen LogP contribution in [0.15, 0.2) is 51.8 Å². The van der Waals surface area contributed by atoms with Crippen molar-refractivity contribution in [2.75, 3.05) is 14.1 Å². The number of rotatable bonds is 4. The van der Waals surface area contributed by atoms with Crippen LogP contribution in [0.2, 0.25) is 0 Å². The third-order valence-corrected chi connectivity index (χ3v) is 4.25. The number of nitrogens with one attached hydrogen (secondary N) is 1. The largest absolute Gasteiger partial charge is 0.333 e. The van der Waals surface area contributed by atoms with Crippen LogP contribution in [-0.2, 0) is 6.54 Å². The molecule has 0 aliphatic carbocycles. The van der Waals surface area contributed by atoms with Gasteiger partial charge in [-0.15, -0.1) is 0 Å². The van der Waals surface area contributed by atoms with E-state index in [1.54, 1.807) is 12.1 Å². The Morgan fingerprint density at radius 3 is 2.71 bits per heavy atom. The molecule has 0 bridgehead atoms. The van der Waals surface area contributed by atoms with E-state index in [4.69, 9.17) is 4.52 Å². The first kappa shape index (κ1) is 18.0. The normalized spacial score (nSPS) is 11.5. The molecule has 6 nitrogen and oxygen atoms in total. The first-order valence-electron chi connectivity index (χ1n) is 8.51. The van der Waals surface area contributed by atoms with Gasteiger partial charge in [-0.1, -0.05) is 5.16 Å². The van der Waals surface area contributed by atoms with E-state index in [9.17, 15) is 13.6 Å². The van der Waals surface area contributed by atoms with Crippen molar-refractivity contribution in [2.45, 2.75) is 6.54 Å². The molecule has 0 saturated carbocycles. The fourth-order valence-electron chi connectivity index (χ4n) is 2.96. The van der Waals surface area contributed by atoms with Gasteiger partial charge in [0.25, 0.3) is 11.4 Å². The molecule has 28 heavy (non-hydrogen) atoms. The summed E-state index contributed by atoms with van der Waals surface area (Å²) in [5.74, 6) is -0.514. The summed E-state index contributed by atoms with van der Waals surface area (Å²) in [4.78, 5) is 21.1.